The van der Waals surface area contributed by atoms with E-state index in [1.807, 2.05) is 0 Å². The molecular formula is C14H20N4S2. The highest BCUT2D eigenvalue weighted by atomic mass is 32.1. The summed E-state index contributed by atoms with van der Waals surface area (Å²) in [6.07, 6.45) is 1.94. The molecule has 2 rings (SSSR count). The van der Waals surface area contributed by atoms with Gasteiger partial charge in [0.1, 0.15) is 0 Å². The van der Waals surface area contributed by atoms with Gasteiger partial charge in [-0.2, -0.15) is 0 Å². The highest BCUT2D eigenvalue weighted by Crippen LogP contribution is 2.10. The number of thiophene rings is 1. The zero-order valence-corrected chi connectivity index (χ0v) is 13.5. The maximum Gasteiger partial charge on any atom is 0.191 e. The average Bonchev–Trinajstić information content (AvgIpc) is 3.13. The van der Waals surface area contributed by atoms with Crippen LogP contribution in [0.3, 0.4) is 0 Å². The van der Waals surface area contributed by atoms with Crippen LogP contribution in [0.1, 0.15) is 22.5 Å². The molecule has 0 amide bonds. The van der Waals surface area contributed by atoms with E-state index in [4.69, 9.17) is 0 Å². The number of aromatic nitrogens is 1. The molecule has 0 saturated carbocycles. The van der Waals surface area contributed by atoms with Gasteiger partial charge in [0.15, 0.2) is 5.96 Å². The van der Waals surface area contributed by atoms with Crippen LogP contribution in [0.2, 0.25) is 0 Å². The highest BCUT2D eigenvalue weighted by Gasteiger charge is 2.02. The fourth-order valence-corrected chi connectivity index (χ4v) is 3.16. The number of nitrogens with zero attached hydrogens (tertiary/aromatic N) is 2. The van der Waals surface area contributed by atoms with Crippen molar-refractivity contribution in [3.63, 3.8) is 0 Å². The van der Waals surface area contributed by atoms with Crippen LogP contribution in [0.25, 0.3) is 0 Å². The van der Waals surface area contributed by atoms with E-state index in [0.29, 0.717) is 0 Å². The van der Waals surface area contributed by atoms with E-state index in [9.17, 15) is 0 Å². The number of aliphatic imine (C=N–C) groups is 1. The van der Waals surface area contributed by atoms with Crippen molar-refractivity contribution in [3.8, 4) is 0 Å². The molecule has 20 heavy (non-hydrogen) atoms. The van der Waals surface area contributed by atoms with Gasteiger partial charge in [-0.3, -0.25) is 4.99 Å². The fourth-order valence-electron chi connectivity index (χ4n) is 1.74. The van der Waals surface area contributed by atoms with Crippen LogP contribution < -0.4 is 10.6 Å². The topological polar surface area (TPSA) is 49.3 Å². The molecule has 0 atom stereocenters. The molecular weight excluding hydrogens is 288 g/mol. The van der Waals surface area contributed by atoms with Crippen molar-refractivity contribution in [2.24, 2.45) is 4.99 Å². The van der Waals surface area contributed by atoms with Gasteiger partial charge in [-0.05, 0) is 17.9 Å². The molecule has 6 heteroatoms. The van der Waals surface area contributed by atoms with Crippen molar-refractivity contribution in [1.82, 2.24) is 15.6 Å². The molecule has 2 aromatic rings. The van der Waals surface area contributed by atoms with Gasteiger partial charge < -0.3 is 10.6 Å². The number of hydrogen-bond donors (Lipinski definition) is 2. The Morgan fingerprint density at radius 3 is 2.90 bits per heavy atom. The summed E-state index contributed by atoms with van der Waals surface area (Å²) in [4.78, 5) is 10.1. The third kappa shape index (κ3) is 4.61. The van der Waals surface area contributed by atoms with E-state index in [0.717, 1.165) is 37.6 Å². The number of nitrogens with one attached hydrogen (secondary N) is 2. The number of hydrogen-bond acceptors (Lipinski definition) is 4. The SMILES string of the molecule is CCc1nc(CCNC(=NC)NCc2cccs2)cs1. The largest absolute Gasteiger partial charge is 0.356 e. The maximum absolute atomic E-state index is 4.56. The first kappa shape index (κ1) is 15.0. The molecule has 4 nitrogen and oxygen atoms in total. The van der Waals surface area contributed by atoms with Crippen LogP contribution in [0.15, 0.2) is 27.9 Å². The van der Waals surface area contributed by atoms with Gasteiger partial charge in [0.25, 0.3) is 0 Å². The smallest absolute Gasteiger partial charge is 0.191 e. The van der Waals surface area contributed by atoms with Gasteiger partial charge in [-0.15, -0.1) is 22.7 Å². The van der Waals surface area contributed by atoms with E-state index in [1.165, 1.54) is 9.88 Å². The third-order valence-corrected chi connectivity index (χ3v) is 4.73. The van der Waals surface area contributed by atoms with E-state index in [2.05, 4.69) is 50.4 Å². The molecule has 0 bridgehead atoms. The second-order valence-electron chi connectivity index (χ2n) is 4.27. The minimum atomic E-state index is 0.814. The van der Waals surface area contributed by atoms with Gasteiger partial charge in [0.05, 0.1) is 17.2 Å². The minimum Gasteiger partial charge on any atom is -0.356 e. The Labute approximate surface area is 128 Å². The van der Waals surface area contributed by atoms with E-state index >= 15 is 0 Å². The monoisotopic (exact) mass is 308 g/mol. The molecule has 0 unspecified atom stereocenters. The first-order valence-corrected chi connectivity index (χ1v) is 8.48. The Hall–Kier alpha value is -1.40. The summed E-state index contributed by atoms with van der Waals surface area (Å²) in [5, 5.41) is 12.1. The number of thiazole rings is 1. The van der Waals surface area contributed by atoms with Crippen molar-refractivity contribution in [3.05, 3.63) is 38.5 Å². The Morgan fingerprint density at radius 2 is 2.25 bits per heavy atom. The van der Waals surface area contributed by atoms with Crippen LogP contribution in [-0.2, 0) is 19.4 Å². The van der Waals surface area contributed by atoms with Crippen molar-refractivity contribution < 1.29 is 0 Å². The third-order valence-electron chi connectivity index (χ3n) is 2.81. The lowest BCUT2D eigenvalue weighted by atomic mass is 10.3. The molecule has 0 spiro atoms. The van der Waals surface area contributed by atoms with Crippen molar-refractivity contribution in [2.45, 2.75) is 26.3 Å². The lowest BCUT2D eigenvalue weighted by Gasteiger charge is -2.10. The van der Waals surface area contributed by atoms with Crippen molar-refractivity contribution in [2.75, 3.05) is 13.6 Å². The molecule has 0 aliphatic rings. The standard InChI is InChI=1S/C14H20N4S2/c1-3-13-18-11(10-20-13)6-7-16-14(15-2)17-9-12-5-4-8-19-12/h4-5,8,10H,3,6-7,9H2,1-2H3,(H2,15,16,17). The number of rotatable bonds is 6. The molecule has 0 fully saturated rings. The first-order chi connectivity index (χ1) is 9.81. The molecule has 0 aromatic carbocycles. The summed E-state index contributed by atoms with van der Waals surface area (Å²) in [6, 6.07) is 4.18. The highest BCUT2D eigenvalue weighted by molar-refractivity contribution is 7.10. The Morgan fingerprint density at radius 1 is 1.35 bits per heavy atom. The van der Waals surface area contributed by atoms with Crippen molar-refractivity contribution >= 4 is 28.6 Å². The molecule has 0 saturated heterocycles. The fraction of sp³-hybridized carbons (Fsp3) is 0.429. The average molecular weight is 308 g/mol. The van der Waals surface area contributed by atoms with Crippen LogP contribution >= 0.6 is 22.7 Å². The summed E-state index contributed by atoms with van der Waals surface area (Å²) in [7, 11) is 1.79. The summed E-state index contributed by atoms with van der Waals surface area (Å²) < 4.78 is 0. The Kier molecular flexibility index (Phi) is 6.01. The summed E-state index contributed by atoms with van der Waals surface area (Å²) in [6.45, 7) is 3.79. The van der Waals surface area contributed by atoms with Crippen LogP contribution in [0, 0.1) is 0 Å². The lowest BCUT2D eigenvalue weighted by Crippen LogP contribution is -2.37. The number of aryl methyl sites for hydroxylation is 1. The molecule has 0 aliphatic carbocycles. The lowest BCUT2D eigenvalue weighted by molar-refractivity contribution is 0.788. The van der Waals surface area contributed by atoms with E-state index < -0.39 is 0 Å². The zero-order chi connectivity index (χ0) is 14.2. The molecule has 2 aromatic heterocycles. The van der Waals surface area contributed by atoms with Crippen LogP contribution in [0.5, 0.6) is 0 Å². The molecule has 108 valence electrons. The Balaban J connectivity index is 1.71. The van der Waals surface area contributed by atoms with Gasteiger partial charge in [0, 0.05) is 30.3 Å². The van der Waals surface area contributed by atoms with Gasteiger partial charge in [-0.25, -0.2) is 4.98 Å². The second-order valence-corrected chi connectivity index (χ2v) is 6.24. The first-order valence-electron chi connectivity index (χ1n) is 6.72. The van der Waals surface area contributed by atoms with Gasteiger partial charge in [0.2, 0.25) is 0 Å². The summed E-state index contributed by atoms with van der Waals surface area (Å²) >= 11 is 3.49. The van der Waals surface area contributed by atoms with Crippen molar-refractivity contribution in [1.29, 1.82) is 0 Å². The van der Waals surface area contributed by atoms with Crippen LogP contribution in [-0.4, -0.2) is 24.5 Å². The number of guanidine groups is 1. The quantitative estimate of drug-likeness (QED) is 0.637. The van der Waals surface area contributed by atoms with Gasteiger partial charge in [-0.1, -0.05) is 13.0 Å². The molecule has 0 aliphatic heterocycles. The summed E-state index contributed by atoms with van der Waals surface area (Å²) in [5.41, 5.74) is 1.16. The molecule has 2 heterocycles. The second kappa shape index (κ2) is 8.01. The van der Waals surface area contributed by atoms with Gasteiger partial charge >= 0.3 is 0 Å². The van der Waals surface area contributed by atoms with Crippen LogP contribution in [0.4, 0.5) is 0 Å². The normalized spacial score (nSPS) is 11.6. The summed E-state index contributed by atoms with van der Waals surface area (Å²) in [5.74, 6) is 0.837. The predicted molar refractivity (Wildman–Crippen MR) is 87.7 cm³/mol. The minimum absolute atomic E-state index is 0.814. The Bertz CT molecular complexity index is 531. The maximum atomic E-state index is 4.56. The zero-order valence-electron chi connectivity index (χ0n) is 11.8. The molecule has 0 radical (unpaired) electrons. The van der Waals surface area contributed by atoms with E-state index in [-0.39, 0.29) is 0 Å². The van der Waals surface area contributed by atoms with E-state index in [1.54, 1.807) is 29.7 Å². The molecule has 2 N–H and O–H groups in total. The predicted octanol–water partition coefficient (Wildman–Crippen LogP) is 2.67.